The topological polar surface area (TPSA) is 37.3 Å². The molecule has 2 nitrogen and oxygen atoms in total. The fourth-order valence-electron chi connectivity index (χ4n) is 0.666. The van der Waals surface area contributed by atoms with Crippen molar-refractivity contribution in [2.45, 2.75) is 0 Å². The SMILES string of the molecule is O=Cc1c(Br)ccc(O)c1Br. The number of hydrogen-bond donors (Lipinski definition) is 1. The number of hydrogen-bond acceptors (Lipinski definition) is 2. The zero-order valence-corrected chi connectivity index (χ0v) is 8.52. The van der Waals surface area contributed by atoms with Gasteiger partial charge in [-0.3, -0.25) is 4.79 Å². The second-order valence-electron chi connectivity index (χ2n) is 1.91. The standard InChI is InChI=1S/C7H4Br2O2/c8-5-1-2-6(11)7(9)4(5)3-10/h1-3,11H. The van der Waals surface area contributed by atoms with Gasteiger partial charge in [-0.2, -0.15) is 0 Å². The number of halogens is 2. The minimum atomic E-state index is 0.0651. The van der Waals surface area contributed by atoms with Crippen LogP contribution in [-0.4, -0.2) is 11.4 Å². The van der Waals surface area contributed by atoms with Gasteiger partial charge in [-0.1, -0.05) is 15.9 Å². The number of phenols is 1. The first-order valence-electron chi connectivity index (χ1n) is 2.79. The maximum absolute atomic E-state index is 10.4. The molecule has 1 N–H and O–H groups in total. The summed E-state index contributed by atoms with van der Waals surface area (Å²) in [5, 5.41) is 9.13. The molecule has 0 aliphatic rings. The van der Waals surface area contributed by atoms with Crippen LogP contribution in [0.2, 0.25) is 0 Å². The Kier molecular flexibility index (Phi) is 2.67. The van der Waals surface area contributed by atoms with Crippen LogP contribution in [0.15, 0.2) is 21.1 Å². The van der Waals surface area contributed by atoms with Crippen LogP contribution in [0, 0.1) is 0 Å². The maximum atomic E-state index is 10.4. The van der Waals surface area contributed by atoms with Gasteiger partial charge in [0, 0.05) is 10.0 Å². The van der Waals surface area contributed by atoms with Gasteiger partial charge >= 0.3 is 0 Å². The van der Waals surface area contributed by atoms with Crippen LogP contribution in [0.3, 0.4) is 0 Å². The lowest BCUT2D eigenvalue weighted by Gasteiger charge is -2.00. The van der Waals surface area contributed by atoms with Crippen LogP contribution in [0.1, 0.15) is 10.4 Å². The normalized spacial score (nSPS) is 9.64. The molecule has 0 saturated carbocycles. The lowest BCUT2D eigenvalue weighted by molar-refractivity contribution is 0.112. The summed E-state index contributed by atoms with van der Waals surface area (Å²) >= 11 is 6.25. The van der Waals surface area contributed by atoms with Crippen LogP contribution in [0.4, 0.5) is 0 Å². The van der Waals surface area contributed by atoms with E-state index in [-0.39, 0.29) is 5.75 Å². The molecule has 0 spiro atoms. The van der Waals surface area contributed by atoms with Crippen LogP contribution in [0.5, 0.6) is 5.75 Å². The molecule has 4 heteroatoms. The molecule has 0 amide bonds. The van der Waals surface area contributed by atoms with Crippen LogP contribution < -0.4 is 0 Å². The second-order valence-corrected chi connectivity index (χ2v) is 3.56. The van der Waals surface area contributed by atoms with Gasteiger partial charge in [-0.15, -0.1) is 0 Å². The smallest absolute Gasteiger partial charge is 0.152 e. The van der Waals surface area contributed by atoms with E-state index in [0.717, 1.165) is 0 Å². The van der Waals surface area contributed by atoms with E-state index in [2.05, 4.69) is 31.9 Å². The van der Waals surface area contributed by atoms with Gasteiger partial charge in [0.25, 0.3) is 0 Å². The predicted molar refractivity (Wildman–Crippen MR) is 48.9 cm³/mol. The van der Waals surface area contributed by atoms with E-state index in [1.807, 2.05) is 0 Å². The molecule has 1 rings (SSSR count). The third kappa shape index (κ3) is 1.62. The summed E-state index contributed by atoms with van der Waals surface area (Å²) < 4.78 is 1.08. The molecule has 0 fully saturated rings. The summed E-state index contributed by atoms with van der Waals surface area (Å²) in [6.45, 7) is 0. The molecule has 0 bridgehead atoms. The molecular weight excluding hydrogens is 276 g/mol. The van der Waals surface area contributed by atoms with Crippen LogP contribution >= 0.6 is 31.9 Å². The van der Waals surface area contributed by atoms with E-state index in [1.54, 1.807) is 6.07 Å². The van der Waals surface area contributed by atoms with Gasteiger partial charge < -0.3 is 5.11 Å². The zero-order valence-electron chi connectivity index (χ0n) is 5.34. The van der Waals surface area contributed by atoms with Crippen molar-refractivity contribution in [2.75, 3.05) is 0 Å². The second kappa shape index (κ2) is 3.36. The Morgan fingerprint density at radius 3 is 2.45 bits per heavy atom. The van der Waals surface area contributed by atoms with Gasteiger partial charge in [0.15, 0.2) is 6.29 Å². The number of carbonyl (C=O) groups is 1. The van der Waals surface area contributed by atoms with Gasteiger partial charge in [0.1, 0.15) is 5.75 Å². The van der Waals surface area contributed by atoms with Crippen molar-refractivity contribution in [3.8, 4) is 5.75 Å². The molecule has 1 aromatic carbocycles. The zero-order chi connectivity index (χ0) is 8.43. The highest BCUT2D eigenvalue weighted by Gasteiger charge is 2.07. The number of aromatic hydroxyl groups is 1. The first kappa shape index (κ1) is 8.74. The molecule has 0 saturated heterocycles. The van der Waals surface area contributed by atoms with Crippen molar-refractivity contribution in [3.05, 3.63) is 26.6 Å². The van der Waals surface area contributed by atoms with E-state index < -0.39 is 0 Å². The minimum absolute atomic E-state index is 0.0651. The van der Waals surface area contributed by atoms with Gasteiger partial charge in [-0.25, -0.2) is 0 Å². The first-order valence-corrected chi connectivity index (χ1v) is 4.37. The van der Waals surface area contributed by atoms with Gasteiger partial charge in [0.05, 0.1) is 4.47 Å². The third-order valence-electron chi connectivity index (χ3n) is 1.22. The van der Waals surface area contributed by atoms with E-state index in [4.69, 9.17) is 5.11 Å². The molecular formula is C7H4Br2O2. The number of carbonyl (C=O) groups excluding carboxylic acids is 1. The Hall–Kier alpha value is -0.350. The minimum Gasteiger partial charge on any atom is -0.507 e. The Balaban J connectivity index is 3.40. The molecule has 1 aromatic rings. The number of benzene rings is 1. The summed E-state index contributed by atoms with van der Waals surface area (Å²) in [6, 6.07) is 3.12. The van der Waals surface area contributed by atoms with E-state index in [1.165, 1.54) is 6.07 Å². The number of rotatable bonds is 1. The van der Waals surface area contributed by atoms with E-state index in [0.29, 0.717) is 20.8 Å². The number of phenolic OH excluding ortho intramolecular Hbond substituents is 1. The van der Waals surface area contributed by atoms with Gasteiger partial charge in [0.2, 0.25) is 0 Å². The van der Waals surface area contributed by atoms with Gasteiger partial charge in [-0.05, 0) is 28.1 Å². The Labute approximate surface area is 80.5 Å². The molecule has 0 aliphatic carbocycles. The summed E-state index contributed by atoms with van der Waals surface area (Å²) in [4.78, 5) is 10.4. The molecule has 58 valence electrons. The van der Waals surface area contributed by atoms with Crippen LogP contribution in [0.25, 0.3) is 0 Å². The molecule has 0 radical (unpaired) electrons. The molecule has 0 aliphatic heterocycles. The predicted octanol–water partition coefficient (Wildman–Crippen LogP) is 2.73. The molecule has 0 aromatic heterocycles. The summed E-state index contributed by atoms with van der Waals surface area (Å²) in [5.74, 6) is 0.0651. The Bertz CT molecular complexity index is 297. The van der Waals surface area contributed by atoms with E-state index in [9.17, 15) is 4.79 Å². The lowest BCUT2D eigenvalue weighted by Crippen LogP contribution is -1.84. The average molecular weight is 280 g/mol. The van der Waals surface area contributed by atoms with Crippen LogP contribution in [-0.2, 0) is 0 Å². The summed E-state index contributed by atoms with van der Waals surface area (Å²) in [5.41, 5.74) is 0.421. The van der Waals surface area contributed by atoms with Crippen molar-refractivity contribution in [1.82, 2.24) is 0 Å². The fraction of sp³-hybridized carbons (Fsp3) is 0. The van der Waals surface area contributed by atoms with Crippen molar-refractivity contribution < 1.29 is 9.90 Å². The lowest BCUT2D eigenvalue weighted by atomic mass is 10.2. The molecule has 0 atom stereocenters. The van der Waals surface area contributed by atoms with E-state index >= 15 is 0 Å². The Morgan fingerprint density at radius 2 is 2.00 bits per heavy atom. The largest absolute Gasteiger partial charge is 0.507 e. The molecule has 0 unspecified atom stereocenters. The van der Waals surface area contributed by atoms with Crippen molar-refractivity contribution >= 4 is 38.1 Å². The van der Waals surface area contributed by atoms with Crippen molar-refractivity contribution in [1.29, 1.82) is 0 Å². The first-order chi connectivity index (χ1) is 5.16. The maximum Gasteiger partial charge on any atom is 0.152 e. The highest BCUT2D eigenvalue weighted by Crippen LogP contribution is 2.31. The average Bonchev–Trinajstić information content (AvgIpc) is 1.99. The number of aldehydes is 1. The summed E-state index contributed by atoms with van der Waals surface area (Å²) in [7, 11) is 0. The highest BCUT2D eigenvalue weighted by molar-refractivity contribution is 9.11. The monoisotopic (exact) mass is 278 g/mol. The third-order valence-corrected chi connectivity index (χ3v) is 2.75. The Morgan fingerprint density at radius 1 is 1.36 bits per heavy atom. The molecule has 11 heavy (non-hydrogen) atoms. The highest BCUT2D eigenvalue weighted by atomic mass is 79.9. The fourth-order valence-corrected chi connectivity index (χ4v) is 1.80. The summed E-state index contributed by atoms with van der Waals surface area (Å²) in [6.07, 6.45) is 0.674. The van der Waals surface area contributed by atoms with Crippen molar-refractivity contribution in [3.63, 3.8) is 0 Å². The molecule has 0 heterocycles. The quantitative estimate of drug-likeness (QED) is 0.803. The van der Waals surface area contributed by atoms with Crippen molar-refractivity contribution in [2.24, 2.45) is 0 Å².